The summed E-state index contributed by atoms with van der Waals surface area (Å²) >= 11 is 0. The van der Waals surface area contributed by atoms with E-state index in [9.17, 15) is 13.2 Å². The lowest BCUT2D eigenvalue weighted by Crippen LogP contribution is -2.13. The highest BCUT2D eigenvalue weighted by atomic mass is 19.4. The first-order valence-corrected chi connectivity index (χ1v) is 6.81. The van der Waals surface area contributed by atoms with Crippen LogP contribution < -0.4 is 10.6 Å². The number of nitrogens with one attached hydrogen (secondary N) is 2. The van der Waals surface area contributed by atoms with Gasteiger partial charge in [-0.2, -0.15) is 23.3 Å². The van der Waals surface area contributed by atoms with E-state index in [4.69, 9.17) is 0 Å². The number of aryl methyl sites for hydroxylation is 1. The highest BCUT2D eigenvalue weighted by Crippen LogP contribution is 2.40. The van der Waals surface area contributed by atoms with E-state index in [-0.39, 0.29) is 11.8 Å². The van der Waals surface area contributed by atoms with Gasteiger partial charge in [-0.3, -0.25) is 4.68 Å². The number of aromatic nitrogens is 4. The molecule has 1 fully saturated rings. The fourth-order valence-electron chi connectivity index (χ4n) is 2.14. The Morgan fingerprint density at radius 2 is 2.05 bits per heavy atom. The Labute approximate surface area is 124 Å². The Morgan fingerprint density at radius 3 is 2.64 bits per heavy atom. The van der Waals surface area contributed by atoms with Crippen LogP contribution in [0.5, 0.6) is 0 Å². The van der Waals surface area contributed by atoms with Gasteiger partial charge in [-0.1, -0.05) is 0 Å². The third-order valence-corrected chi connectivity index (χ3v) is 3.47. The lowest BCUT2D eigenvalue weighted by atomic mass is 10.3. The minimum Gasteiger partial charge on any atom is -0.372 e. The molecule has 3 rings (SSSR count). The topological polar surface area (TPSA) is 67.7 Å². The van der Waals surface area contributed by atoms with Gasteiger partial charge in [-0.15, -0.1) is 0 Å². The van der Waals surface area contributed by atoms with E-state index < -0.39 is 11.7 Å². The fraction of sp³-hybridized carbons (Fsp3) is 0.462. The van der Waals surface area contributed by atoms with Gasteiger partial charge in [0.05, 0.1) is 5.69 Å². The van der Waals surface area contributed by atoms with Crippen molar-refractivity contribution in [2.24, 2.45) is 7.05 Å². The van der Waals surface area contributed by atoms with Crippen LogP contribution in [0.2, 0.25) is 0 Å². The van der Waals surface area contributed by atoms with Gasteiger partial charge in [0.1, 0.15) is 17.2 Å². The Hall–Kier alpha value is -2.32. The molecule has 0 amide bonds. The monoisotopic (exact) mass is 312 g/mol. The average molecular weight is 312 g/mol. The van der Waals surface area contributed by atoms with Crippen LogP contribution in [-0.4, -0.2) is 26.8 Å². The van der Waals surface area contributed by atoms with E-state index in [1.54, 1.807) is 11.7 Å². The molecule has 1 aliphatic carbocycles. The van der Waals surface area contributed by atoms with E-state index in [0.29, 0.717) is 11.7 Å². The van der Waals surface area contributed by atoms with Crippen molar-refractivity contribution in [2.45, 2.75) is 24.9 Å². The molecule has 9 heteroatoms. The van der Waals surface area contributed by atoms with Crippen molar-refractivity contribution in [1.82, 2.24) is 19.7 Å². The first kappa shape index (κ1) is 14.6. The second kappa shape index (κ2) is 5.15. The Kier molecular flexibility index (Phi) is 3.42. The molecule has 0 aromatic carbocycles. The summed E-state index contributed by atoms with van der Waals surface area (Å²) in [5, 5.41) is 9.71. The molecule has 2 aromatic heterocycles. The van der Waals surface area contributed by atoms with Gasteiger partial charge in [0.2, 0.25) is 5.95 Å². The normalized spacial score (nSPS) is 15.0. The molecule has 1 aliphatic rings. The molecule has 0 bridgehead atoms. The molecule has 0 radical (unpaired) electrons. The summed E-state index contributed by atoms with van der Waals surface area (Å²) in [6.45, 7) is 0. The van der Waals surface area contributed by atoms with Crippen LogP contribution in [0.15, 0.2) is 12.3 Å². The predicted octanol–water partition coefficient (Wildman–Crippen LogP) is 2.89. The standard InChI is InChI=1S/C13H15F3N6/c1-17-11-8(13(14,15)16)6-18-12(20-11)19-10-5-9(7-3-4-7)21-22(10)2/h5-7H,3-4H2,1-2H3,(H2,17,18,19,20). The van der Waals surface area contributed by atoms with Crippen LogP contribution in [0, 0.1) is 0 Å². The third kappa shape index (κ3) is 2.83. The van der Waals surface area contributed by atoms with Crippen LogP contribution in [-0.2, 0) is 13.2 Å². The molecular weight excluding hydrogens is 297 g/mol. The SMILES string of the molecule is CNc1nc(Nc2cc(C3CC3)nn2C)ncc1C(F)(F)F. The number of alkyl halides is 3. The van der Waals surface area contributed by atoms with Gasteiger partial charge in [-0.05, 0) is 12.8 Å². The number of hydrogen-bond acceptors (Lipinski definition) is 5. The molecule has 1 saturated carbocycles. The lowest BCUT2D eigenvalue weighted by Gasteiger charge is -2.12. The van der Waals surface area contributed by atoms with Crippen LogP contribution in [0.25, 0.3) is 0 Å². The maximum atomic E-state index is 12.8. The van der Waals surface area contributed by atoms with Crippen molar-refractivity contribution in [2.75, 3.05) is 17.7 Å². The van der Waals surface area contributed by atoms with Crippen LogP contribution in [0.1, 0.15) is 30.0 Å². The number of rotatable bonds is 4. The molecule has 2 N–H and O–H groups in total. The fourth-order valence-corrected chi connectivity index (χ4v) is 2.14. The van der Waals surface area contributed by atoms with Gasteiger partial charge in [0, 0.05) is 32.3 Å². The van der Waals surface area contributed by atoms with Crippen molar-refractivity contribution >= 4 is 17.6 Å². The zero-order chi connectivity index (χ0) is 15.9. The van der Waals surface area contributed by atoms with E-state index >= 15 is 0 Å². The molecule has 22 heavy (non-hydrogen) atoms. The molecule has 0 saturated heterocycles. The largest absolute Gasteiger partial charge is 0.421 e. The van der Waals surface area contributed by atoms with Gasteiger partial charge in [-0.25, -0.2) is 4.98 Å². The summed E-state index contributed by atoms with van der Waals surface area (Å²) in [4.78, 5) is 7.61. The number of nitrogens with zero attached hydrogens (tertiary/aromatic N) is 4. The van der Waals surface area contributed by atoms with E-state index in [1.165, 1.54) is 7.05 Å². The van der Waals surface area contributed by atoms with Crippen molar-refractivity contribution in [1.29, 1.82) is 0 Å². The molecule has 118 valence electrons. The highest BCUT2D eigenvalue weighted by molar-refractivity contribution is 5.54. The zero-order valence-corrected chi connectivity index (χ0v) is 12.1. The smallest absolute Gasteiger partial charge is 0.372 e. The van der Waals surface area contributed by atoms with E-state index in [1.807, 2.05) is 6.07 Å². The Morgan fingerprint density at radius 1 is 1.32 bits per heavy atom. The van der Waals surface area contributed by atoms with Gasteiger partial charge >= 0.3 is 6.18 Å². The molecule has 2 aromatic rings. The van der Waals surface area contributed by atoms with Crippen molar-refractivity contribution in [3.8, 4) is 0 Å². The average Bonchev–Trinajstić information content (AvgIpc) is 3.23. The molecule has 0 aliphatic heterocycles. The number of anilines is 3. The highest BCUT2D eigenvalue weighted by Gasteiger charge is 2.35. The molecule has 0 unspecified atom stereocenters. The summed E-state index contributed by atoms with van der Waals surface area (Å²) in [5.74, 6) is 0.948. The van der Waals surface area contributed by atoms with E-state index in [2.05, 4.69) is 25.7 Å². The maximum Gasteiger partial charge on any atom is 0.421 e. The second-order valence-corrected chi connectivity index (χ2v) is 5.18. The maximum absolute atomic E-state index is 12.8. The summed E-state index contributed by atoms with van der Waals surface area (Å²) in [6, 6.07) is 1.87. The molecule has 0 atom stereocenters. The minimum absolute atomic E-state index is 0.0858. The van der Waals surface area contributed by atoms with Crippen LogP contribution in [0.3, 0.4) is 0 Å². The van der Waals surface area contributed by atoms with Crippen molar-refractivity contribution < 1.29 is 13.2 Å². The Balaban J connectivity index is 1.86. The second-order valence-electron chi connectivity index (χ2n) is 5.18. The van der Waals surface area contributed by atoms with E-state index in [0.717, 1.165) is 24.7 Å². The van der Waals surface area contributed by atoms with Crippen LogP contribution in [0.4, 0.5) is 30.8 Å². The van der Waals surface area contributed by atoms with Gasteiger partial charge in [0.25, 0.3) is 0 Å². The molecule has 2 heterocycles. The molecule has 6 nitrogen and oxygen atoms in total. The van der Waals surface area contributed by atoms with Crippen LogP contribution >= 0.6 is 0 Å². The lowest BCUT2D eigenvalue weighted by molar-refractivity contribution is -0.137. The quantitative estimate of drug-likeness (QED) is 0.908. The molecule has 0 spiro atoms. The zero-order valence-electron chi connectivity index (χ0n) is 12.1. The number of hydrogen-bond donors (Lipinski definition) is 2. The van der Waals surface area contributed by atoms with Gasteiger partial charge in [0.15, 0.2) is 0 Å². The van der Waals surface area contributed by atoms with Crippen molar-refractivity contribution in [3.63, 3.8) is 0 Å². The first-order valence-electron chi connectivity index (χ1n) is 6.81. The summed E-state index contributed by atoms with van der Waals surface area (Å²) in [5.41, 5.74) is 0.0787. The first-order chi connectivity index (χ1) is 10.4. The molecular formula is C13H15F3N6. The minimum atomic E-state index is -4.50. The number of halogens is 3. The van der Waals surface area contributed by atoms with Crippen molar-refractivity contribution in [3.05, 3.63) is 23.5 Å². The summed E-state index contributed by atoms with van der Waals surface area (Å²) < 4.78 is 40.0. The predicted molar refractivity (Wildman–Crippen MR) is 75.0 cm³/mol. The Bertz CT molecular complexity index is 690. The summed E-state index contributed by atoms with van der Waals surface area (Å²) in [7, 11) is 3.15. The third-order valence-electron chi connectivity index (χ3n) is 3.47. The summed E-state index contributed by atoms with van der Waals surface area (Å²) in [6.07, 6.45) is -1.49. The van der Waals surface area contributed by atoms with Gasteiger partial charge < -0.3 is 10.6 Å².